The SMILES string of the molecule is C[C@@H](NC(=O)c1coc(CN(Cc2ccc(C(F)(F)F)cc2)Cc2ccc3c(c2)OCO3)n1)c1ccccc1. The monoisotopic (exact) mass is 537 g/mol. The first-order chi connectivity index (χ1) is 18.7. The maximum atomic E-state index is 13.0. The maximum absolute atomic E-state index is 13.0. The lowest BCUT2D eigenvalue weighted by atomic mass is 10.1. The van der Waals surface area contributed by atoms with Crippen molar-refractivity contribution >= 4 is 5.91 Å². The van der Waals surface area contributed by atoms with Crippen LogP contribution in [0, 0.1) is 0 Å². The van der Waals surface area contributed by atoms with Crippen molar-refractivity contribution in [1.82, 2.24) is 15.2 Å². The Morgan fingerprint density at radius 1 is 0.949 bits per heavy atom. The Labute approximate surface area is 223 Å². The Hall–Kier alpha value is -4.31. The number of nitrogens with one attached hydrogen (secondary N) is 1. The van der Waals surface area contributed by atoms with Crippen molar-refractivity contribution in [2.45, 2.75) is 38.8 Å². The Bertz CT molecular complexity index is 1420. The molecule has 0 bridgehead atoms. The van der Waals surface area contributed by atoms with Gasteiger partial charge in [-0.1, -0.05) is 48.5 Å². The van der Waals surface area contributed by atoms with Crippen LogP contribution in [0.4, 0.5) is 13.2 Å². The van der Waals surface area contributed by atoms with Gasteiger partial charge in [0.05, 0.1) is 18.2 Å². The van der Waals surface area contributed by atoms with Gasteiger partial charge in [-0.3, -0.25) is 9.69 Å². The molecule has 0 radical (unpaired) electrons. The molecule has 10 heteroatoms. The molecule has 1 atom stereocenters. The van der Waals surface area contributed by atoms with Crippen LogP contribution in [0.5, 0.6) is 11.5 Å². The second-order valence-electron chi connectivity index (χ2n) is 9.26. The normalized spacial score (nSPS) is 13.5. The van der Waals surface area contributed by atoms with Gasteiger partial charge in [0.25, 0.3) is 5.91 Å². The molecule has 1 aliphatic heterocycles. The van der Waals surface area contributed by atoms with Gasteiger partial charge in [-0.15, -0.1) is 0 Å². The van der Waals surface area contributed by atoms with E-state index in [0.29, 0.717) is 36.0 Å². The highest BCUT2D eigenvalue weighted by molar-refractivity contribution is 5.92. The van der Waals surface area contributed by atoms with Gasteiger partial charge in [0.15, 0.2) is 17.2 Å². The first-order valence-corrected chi connectivity index (χ1v) is 12.3. The highest BCUT2D eigenvalue weighted by Gasteiger charge is 2.30. The molecule has 202 valence electrons. The molecule has 2 heterocycles. The van der Waals surface area contributed by atoms with E-state index in [1.165, 1.54) is 18.4 Å². The zero-order valence-electron chi connectivity index (χ0n) is 21.1. The number of amides is 1. The van der Waals surface area contributed by atoms with Crippen molar-refractivity contribution in [2.75, 3.05) is 6.79 Å². The molecule has 1 N–H and O–H groups in total. The van der Waals surface area contributed by atoms with Crippen LogP contribution < -0.4 is 14.8 Å². The fraction of sp³-hybridized carbons (Fsp3) is 0.241. The third-order valence-electron chi connectivity index (χ3n) is 6.32. The van der Waals surface area contributed by atoms with Gasteiger partial charge in [-0.2, -0.15) is 13.2 Å². The number of ether oxygens (including phenoxy) is 2. The average molecular weight is 538 g/mol. The van der Waals surface area contributed by atoms with Crippen LogP contribution in [0.2, 0.25) is 0 Å². The number of carbonyl (C=O) groups is 1. The number of aromatic nitrogens is 1. The fourth-order valence-corrected chi connectivity index (χ4v) is 4.30. The molecule has 0 fully saturated rings. The number of rotatable bonds is 9. The number of fused-ring (bicyclic) bond motifs is 1. The Morgan fingerprint density at radius 2 is 1.64 bits per heavy atom. The summed E-state index contributed by atoms with van der Waals surface area (Å²) >= 11 is 0. The lowest BCUT2D eigenvalue weighted by molar-refractivity contribution is -0.137. The molecule has 39 heavy (non-hydrogen) atoms. The second kappa shape index (κ2) is 11.2. The molecule has 0 saturated heterocycles. The number of alkyl halides is 3. The van der Waals surface area contributed by atoms with E-state index in [-0.39, 0.29) is 31.0 Å². The van der Waals surface area contributed by atoms with E-state index < -0.39 is 11.7 Å². The molecular formula is C29H26F3N3O4. The van der Waals surface area contributed by atoms with Crippen LogP contribution in [-0.2, 0) is 25.8 Å². The molecule has 5 rings (SSSR count). The van der Waals surface area contributed by atoms with Crippen molar-refractivity contribution < 1.29 is 31.9 Å². The number of halogens is 3. The lowest BCUT2D eigenvalue weighted by Crippen LogP contribution is -2.27. The van der Waals surface area contributed by atoms with Crippen molar-refractivity contribution in [3.05, 3.63) is 113 Å². The first-order valence-electron chi connectivity index (χ1n) is 12.3. The van der Waals surface area contributed by atoms with E-state index in [4.69, 9.17) is 13.9 Å². The van der Waals surface area contributed by atoms with Crippen LogP contribution in [0.1, 0.15) is 51.6 Å². The minimum Gasteiger partial charge on any atom is -0.454 e. The average Bonchev–Trinajstić information content (AvgIpc) is 3.58. The Balaban J connectivity index is 1.31. The summed E-state index contributed by atoms with van der Waals surface area (Å²) < 4.78 is 55.5. The third-order valence-corrected chi connectivity index (χ3v) is 6.32. The van der Waals surface area contributed by atoms with E-state index in [1.54, 1.807) is 0 Å². The molecule has 7 nitrogen and oxygen atoms in total. The van der Waals surface area contributed by atoms with Crippen molar-refractivity contribution in [2.24, 2.45) is 0 Å². The molecule has 0 unspecified atom stereocenters. The van der Waals surface area contributed by atoms with Crippen molar-refractivity contribution in [3.63, 3.8) is 0 Å². The summed E-state index contributed by atoms with van der Waals surface area (Å²) in [4.78, 5) is 19.1. The van der Waals surface area contributed by atoms with Gasteiger partial charge in [0, 0.05) is 13.1 Å². The minimum absolute atomic E-state index is 0.144. The van der Waals surface area contributed by atoms with E-state index in [1.807, 2.05) is 60.4 Å². The number of hydrogen-bond acceptors (Lipinski definition) is 6. The van der Waals surface area contributed by atoms with E-state index in [0.717, 1.165) is 23.3 Å². The Kier molecular flexibility index (Phi) is 7.56. The summed E-state index contributed by atoms with van der Waals surface area (Å²) in [7, 11) is 0. The predicted molar refractivity (Wildman–Crippen MR) is 136 cm³/mol. The summed E-state index contributed by atoms with van der Waals surface area (Å²) in [5.74, 6) is 1.22. The summed E-state index contributed by atoms with van der Waals surface area (Å²) in [6.07, 6.45) is -3.10. The summed E-state index contributed by atoms with van der Waals surface area (Å²) in [5.41, 5.74) is 1.99. The maximum Gasteiger partial charge on any atom is 0.416 e. The topological polar surface area (TPSA) is 76.8 Å². The molecule has 0 saturated carbocycles. The van der Waals surface area contributed by atoms with Crippen molar-refractivity contribution in [1.29, 1.82) is 0 Å². The second-order valence-corrected chi connectivity index (χ2v) is 9.26. The lowest BCUT2D eigenvalue weighted by Gasteiger charge is -2.21. The van der Waals surface area contributed by atoms with E-state index >= 15 is 0 Å². The molecular weight excluding hydrogens is 511 g/mol. The zero-order chi connectivity index (χ0) is 27.4. The fourth-order valence-electron chi connectivity index (χ4n) is 4.30. The summed E-state index contributed by atoms with van der Waals surface area (Å²) in [6, 6.07) is 19.9. The van der Waals surface area contributed by atoms with Gasteiger partial charge >= 0.3 is 6.18 Å². The van der Waals surface area contributed by atoms with E-state index in [9.17, 15) is 18.0 Å². The van der Waals surface area contributed by atoms with Gasteiger partial charge in [-0.05, 0) is 47.9 Å². The number of benzene rings is 3. The summed E-state index contributed by atoms with van der Waals surface area (Å²) in [6.45, 7) is 2.99. The number of hydrogen-bond donors (Lipinski definition) is 1. The number of nitrogens with zero attached hydrogens (tertiary/aromatic N) is 2. The largest absolute Gasteiger partial charge is 0.454 e. The molecule has 1 amide bonds. The van der Waals surface area contributed by atoms with Gasteiger partial charge in [0.1, 0.15) is 6.26 Å². The van der Waals surface area contributed by atoms with Crippen LogP contribution in [0.15, 0.2) is 83.5 Å². The molecule has 0 aliphatic carbocycles. The smallest absolute Gasteiger partial charge is 0.416 e. The summed E-state index contributed by atoms with van der Waals surface area (Å²) in [5, 5.41) is 2.91. The predicted octanol–water partition coefficient (Wildman–Crippen LogP) is 6.12. The van der Waals surface area contributed by atoms with Crippen LogP contribution in [-0.4, -0.2) is 22.6 Å². The molecule has 4 aromatic rings. The first kappa shape index (κ1) is 26.3. The highest BCUT2D eigenvalue weighted by atomic mass is 19.4. The van der Waals surface area contributed by atoms with Gasteiger partial charge < -0.3 is 19.2 Å². The van der Waals surface area contributed by atoms with Gasteiger partial charge in [0.2, 0.25) is 12.7 Å². The molecule has 3 aromatic carbocycles. The van der Waals surface area contributed by atoms with Crippen LogP contribution in [0.3, 0.4) is 0 Å². The molecule has 1 aliphatic rings. The standard InChI is InChI=1S/C29H26F3N3O4/c1-19(22-5-3-2-4-6-22)33-28(36)24-17-37-27(34-24)16-35(14-20-7-10-23(11-8-20)29(30,31)32)15-21-9-12-25-26(13-21)39-18-38-25/h2-13,17,19H,14-16,18H2,1H3,(H,33,36)/t19-/m1/s1. The highest BCUT2D eigenvalue weighted by Crippen LogP contribution is 2.33. The van der Waals surface area contributed by atoms with Crippen LogP contribution >= 0.6 is 0 Å². The van der Waals surface area contributed by atoms with Crippen molar-refractivity contribution in [3.8, 4) is 11.5 Å². The quantitative estimate of drug-likeness (QED) is 0.277. The molecule has 1 aromatic heterocycles. The molecule has 0 spiro atoms. The van der Waals surface area contributed by atoms with E-state index in [2.05, 4.69) is 10.3 Å². The number of carbonyl (C=O) groups excluding carboxylic acids is 1. The number of oxazole rings is 1. The third kappa shape index (κ3) is 6.58. The minimum atomic E-state index is -4.40. The zero-order valence-corrected chi connectivity index (χ0v) is 21.1. The van der Waals surface area contributed by atoms with Gasteiger partial charge in [-0.25, -0.2) is 4.98 Å². The van der Waals surface area contributed by atoms with Crippen LogP contribution in [0.25, 0.3) is 0 Å². The Morgan fingerprint density at radius 3 is 2.38 bits per heavy atom.